The highest BCUT2D eigenvalue weighted by molar-refractivity contribution is 6.53. The Hall–Kier alpha value is -5.41. The van der Waals surface area contributed by atoms with Crippen molar-refractivity contribution in [2.45, 2.75) is 13.3 Å². The Morgan fingerprint density at radius 1 is 0.767 bits per heavy atom. The van der Waals surface area contributed by atoms with Crippen LogP contribution in [0.2, 0.25) is 0 Å². The Labute approximate surface area is 252 Å². The predicted molar refractivity (Wildman–Crippen MR) is 163 cm³/mol. The second kappa shape index (κ2) is 13.1. The van der Waals surface area contributed by atoms with E-state index in [1.165, 1.54) is 0 Å². The summed E-state index contributed by atoms with van der Waals surface area (Å²) in [6.45, 7) is 2.21. The van der Waals surface area contributed by atoms with Gasteiger partial charge in [0, 0.05) is 16.9 Å². The molecule has 0 radical (unpaired) electrons. The number of imide groups is 1. The Bertz CT molecular complexity index is 1700. The molecule has 0 fully saturated rings. The first-order valence-electron chi connectivity index (χ1n) is 13.4. The second-order valence-electron chi connectivity index (χ2n) is 9.42. The molecule has 0 atom stereocenters. The third-order valence-corrected chi connectivity index (χ3v) is 6.66. The Balaban J connectivity index is 1.22. The molecule has 10 heteroatoms. The van der Waals surface area contributed by atoms with Gasteiger partial charge in [0.15, 0.2) is 0 Å². The average molecular weight is 596 g/mol. The Kier molecular flexibility index (Phi) is 8.83. The standard InChI is InChI=1S/C33H26ClN3O6/c1-2-19-42-33(41)22-7-6-8-24(20-22)36-30(38)21-11-13-23(14-12-21)35-29-28(34)31(39)37(32(29)40)25-15-17-27(18-16-25)43-26-9-4-3-5-10-26/h3-18,20,35H,2,19H2,1H3,(H,36,38). The summed E-state index contributed by atoms with van der Waals surface area (Å²) in [5, 5.41) is 5.39. The maximum atomic E-state index is 13.2. The van der Waals surface area contributed by atoms with Crippen LogP contribution in [0.15, 0.2) is 114 Å². The van der Waals surface area contributed by atoms with Gasteiger partial charge in [0.2, 0.25) is 0 Å². The monoisotopic (exact) mass is 595 g/mol. The van der Waals surface area contributed by atoms with Crippen molar-refractivity contribution in [2.24, 2.45) is 0 Å². The van der Waals surface area contributed by atoms with Crippen LogP contribution in [-0.2, 0) is 14.3 Å². The number of benzene rings is 4. The molecule has 0 saturated heterocycles. The van der Waals surface area contributed by atoms with Gasteiger partial charge in [0.05, 0.1) is 17.9 Å². The number of anilines is 3. The van der Waals surface area contributed by atoms with E-state index in [2.05, 4.69) is 10.6 Å². The second-order valence-corrected chi connectivity index (χ2v) is 9.79. The van der Waals surface area contributed by atoms with Gasteiger partial charge >= 0.3 is 5.97 Å². The number of carbonyl (C=O) groups excluding carboxylic acids is 4. The highest BCUT2D eigenvalue weighted by Crippen LogP contribution is 2.32. The van der Waals surface area contributed by atoms with Gasteiger partial charge < -0.3 is 20.1 Å². The van der Waals surface area contributed by atoms with Crippen molar-refractivity contribution in [3.8, 4) is 11.5 Å². The van der Waals surface area contributed by atoms with Crippen LogP contribution in [0.1, 0.15) is 34.1 Å². The number of nitrogens with one attached hydrogen (secondary N) is 2. The van der Waals surface area contributed by atoms with E-state index in [-0.39, 0.29) is 10.7 Å². The van der Waals surface area contributed by atoms with Gasteiger partial charge in [0.1, 0.15) is 22.2 Å². The fourth-order valence-electron chi connectivity index (χ4n) is 4.19. The molecule has 9 nitrogen and oxygen atoms in total. The topological polar surface area (TPSA) is 114 Å². The fraction of sp³-hybridized carbons (Fsp3) is 0.0909. The number of rotatable bonds is 10. The molecule has 0 spiro atoms. The van der Waals surface area contributed by atoms with Gasteiger partial charge in [-0.2, -0.15) is 0 Å². The lowest BCUT2D eigenvalue weighted by Crippen LogP contribution is -2.32. The number of amides is 3. The van der Waals surface area contributed by atoms with Gasteiger partial charge in [-0.1, -0.05) is 42.8 Å². The first-order valence-corrected chi connectivity index (χ1v) is 13.8. The molecule has 4 aromatic rings. The molecule has 1 heterocycles. The zero-order valence-electron chi connectivity index (χ0n) is 23.0. The molecule has 0 aromatic heterocycles. The van der Waals surface area contributed by atoms with Crippen LogP contribution in [0, 0.1) is 0 Å². The van der Waals surface area contributed by atoms with Crippen LogP contribution < -0.4 is 20.3 Å². The third kappa shape index (κ3) is 6.74. The van der Waals surface area contributed by atoms with Crippen molar-refractivity contribution >= 4 is 52.4 Å². The first-order chi connectivity index (χ1) is 20.8. The molecule has 1 aliphatic rings. The maximum absolute atomic E-state index is 13.2. The van der Waals surface area contributed by atoms with E-state index in [1.54, 1.807) is 72.8 Å². The van der Waals surface area contributed by atoms with Crippen LogP contribution in [0.3, 0.4) is 0 Å². The number of nitrogens with zero attached hydrogens (tertiary/aromatic N) is 1. The van der Waals surface area contributed by atoms with Crippen molar-refractivity contribution in [3.05, 3.63) is 125 Å². The van der Waals surface area contributed by atoms with E-state index in [0.29, 0.717) is 52.7 Å². The number of esters is 1. The van der Waals surface area contributed by atoms with Crippen LogP contribution >= 0.6 is 11.6 Å². The third-order valence-electron chi connectivity index (χ3n) is 6.31. The number of ether oxygens (including phenoxy) is 2. The minimum Gasteiger partial charge on any atom is -0.462 e. The minimum atomic E-state index is -0.664. The summed E-state index contributed by atoms with van der Waals surface area (Å²) in [6.07, 6.45) is 0.707. The normalized spacial score (nSPS) is 12.7. The molecule has 2 N–H and O–H groups in total. The van der Waals surface area contributed by atoms with Crippen LogP contribution in [0.5, 0.6) is 11.5 Å². The van der Waals surface area contributed by atoms with Crippen molar-refractivity contribution in [1.82, 2.24) is 0 Å². The highest BCUT2D eigenvalue weighted by atomic mass is 35.5. The quantitative estimate of drug-likeness (QED) is 0.154. The summed E-state index contributed by atoms with van der Waals surface area (Å²) >= 11 is 6.28. The molecule has 0 unspecified atom stereocenters. The Morgan fingerprint density at radius 3 is 2.16 bits per heavy atom. The lowest BCUT2D eigenvalue weighted by molar-refractivity contribution is -0.120. The van der Waals surface area contributed by atoms with Crippen molar-refractivity contribution < 1.29 is 28.7 Å². The van der Waals surface area contributed by atoms with Crippen LogP contribution in [0.4, 0.5) is 17.1 Å². The maximum Gasteiger partial charge on any atom is 0.338 e. The molecule has 1 aliphatic heterocycles. The number of para-hydroxylation sites is 1. The molecule has 216 valence electrons. The molecule has 4 aromatic carbocycles. The van der Waals surface area contributed by atoms with E-state index in [1.807, 2.05) is 37.3 Å². The number of hydrogen-bond donors (Lipinski definition) is 2. The zero-order valence-corrected chi connectivity index (χ0v) is 23.8. The van der Waals surface area contributed by atoms with E-state index in [9.17, 15) is 19.2 Å². The SMILES string of the molecule is CCCOC(=O)c1cccc(NC(=O)c2ccc(NC3=C(Cl)C(=O)N(c4ccc(Oc5ccccc5)cc4)C3=O)cc2)c1. The van der Waals surface area contributed by atoms with Gasteiger partial charge in [-0.25, -0.2) is 9.69 Å². The lowest BCUT2D eigenvalue weighted by atomic mass is 10.1. The molecule has 5 rings (SSSR count). The summed E-state index contributed by atoms with van der Waals surface area (Å²) in [5.41, 5.74) is 1.79. The van der Waals surface area contributed by atoms with E-state index in [4.69, 9.17) is 21.1 Å². The smallest absolute Gasteiger partial charge is 0.338 e. The molecular weight excluding hydrogens is 570 g/mol. The van der Waals surface area contributed by atoms with E-state index >= 15 is 0 Å². The largest absolute Gasteiger partial charge is 0.462 e. The number of halogens is 1. The zero-order chi connectivity index (χ0) is 30.3. The predicted octanol–water partition coefficient (Wildman–Crippen LogP) is 6.73. The first kappa shape index (κ1) is 29.1. The summed E-state index contributed by atoms with van der Waals surface area (Å²) in [7, 11) is 0. The van der Waals surface area contributed by atoms with Gasteiger partial charge in [-0.15, -0.1) is 0 Å². The molecule has 43 heavy (non-hydrogen) atoms. The summed E-state index contributed by atoms with van der Waals surface area (Å²) in [6, 6.07) is 28.4. The summed E-state index contributed by atoms with van der Waals surface area (Å²) < 4.78 is 10.9. The van der Waals surface area contributed by atoms with E-state index < -0.39 is 23.7 Å². The Morgan fingerprint density at radius 2 is 1.47 bits per heavy atom. The van der Waals surface area contributed by atoms with Crippen LogP contribution in [-0.4, -0.2) is 30.3 Å². The minimum absolute atomic E-state index is 0.0831. The van der Waals surface area contributed by atoms with Crippen LogP contribution in [0.25, 0.3) is 0 Å². The van der Waals surface area contributed by atoms with Gasteiger partial charge in [-0.3, -0.25) is 14.4 Å². The molecule has 3 amide bonds. The summed E-state index contributed by atoms with van der Waals surface area (Å²) in [4.78, 5) is 52.0. The lowest BCUT2D eigenvalue weighted by Gasteiger charge is -2.16. The van der Waals surface area contributed by atoms with Crippen molar-refractivity contribution in [3.63, 3.8) is 0 Å². The summed E-state index contributed by atoms with van der Waals surface area (Å²) in [5.74, 6) is -0.956. The average Bonchev–Trinajstić information content (AvgIpc) is 3.24. The molecule has 0 saturated carbocycles. The fourth-order valence-corrected chi connectivity index (χ4v) is 4.40. The van der Waals surface area contributed by atoms with Gasteiger partial charge in [-0.05, 0) is 85.3 Å². The molecule has 0 aliphatic carbocycles. The molecule has 0 bridgehead atoms. The van der Waals surface area contributed by atoms with E-state index in [0.717, 1.165) is 4.90 Å². The van der Waals surface area contributed by atoms with Crippen molar-refractivity contribution in [1.29, 1.82) is 0 Å². The number of hydrogen-bond acceptors (Lipinski definition) is 7. The highest BCUT2D eigenvalue weighted by Gasteiger charge is 2.39. The van der Waals surface area contributed by atoms with Gasteiger partial charge in [0.25, 0.3) is 17.7 Å². The number of carbonyl (C=O) groups is 4. The van der Waals surface area contributed by atoms with Crippen molar-refractivity contribution in [2.75, 3.05) is 22.1 Å². The molecular formula is C33H26ClN3O6.